The van der Waals surface area contributed by atoms with E-state index in [9.17, 15) is 4.79 Å². The first-order chi connectivity index (χ1) is 10.2. The number of benzene rings is 1. The van der Waals surface area contributed by atoms with Crippen LogP contribution in [0, 0.1) is 0 Å². The summed E-state index contributed by atoms with van der Waals surface area (Å²) in [4.78, 5) is 16.6. The first kappa shape index (κ1) is 15.8. The molecule has 0 aliphatic carbocycles. The van der Waals surface area contributed by atoms with Crippen LogP contribution in [0.4, 0.5) is 0 Å². The Balaban J connectivity index is 1.84. The van der Waals surface area contributed by atoms with Crippen LogP contribution in [0.25, 0.3) is 6.08 Å². The predicted octanol–water partition coefficient (Wildman–Crippen LogP) is 3.03. The van der Waals surface area contributed by atoms with E-state index in [1.54, 1.807) is 6.08 Å². The molecule has 21 heavy (non-hydrogen) atoms. The summed E-state index contributed by atoms with van der Waals surface area (Å²) >= 11 is 0. The average molecular weight is 286 g/mol. The smallest absolute Gasteiger partial charge is 0.246 e. The van der Waals surface area contributed by atoms with Crippen LogP contribution >= 0.6 is 0 Å². The van der Waals surface area contributed by atoms with Crippen molar-refractivity contribution >= 4 is 12.0 Å². The van der Waals surface area contributed by atoms with Crippen molar-refractivity contribution in [3.63, 3.8) is 0 Å². The molecule has 1 amide bonds. The van der Waals surface area contributed by atoms with Gasteiger partial charge in [-0.25, -0.2) is 0 Å². The lowest BCUT2D eigenvalue weighted by Crippen LogP contribution is -2.45. The Kier molecular flexibility index (Phi) is 6.00. The Hall–Kier alpha value is -1.61. The van der Waals surface area contributed by atoms with Crippen LogP contribution in [0.1, 0.15) is 31.7 Å². The van der Waals surface area contributed by atoms with E-state index in [-0.39, 0.29) is 5.91 Å². The maximum absolute atomic E-state index is 12.2. The van der Waals surface area contributed by atoms with Gasteiger partial charge in [0.25, 0.3) is 0 Å². The van der Waals surface area contributed by atoms with Gasteiger partial charge in [0.15, 0.2) is 0 Å². The SMILES string of the molecule is CCCN1CCC(N(C)C(=O)C=Cc2ccccc2)CC1. The molecule has 0 aromatic heterocycles. The van der Waals surface area contributed by atoms with Crippen molar-refractivity contribution in [2.75, 3.05) is 26.7 Å². The summed E-state index contributed by atoms with van der Waals surface area (Å²) in [7, 11) is 1.93. The average Bonchev–Trinajstić information content (AvgIpc) is 2.54. The molecule has 0 unspecified atom stereocenters. The van der Waals surface area contributed by atoms with E-state index in [2.05, 4.69) is 11.8 Å². The van der Waals surface area contributed by atoms with E-state index >= 15 is 0 Å². The van der Waals surface area contributed by atoms with Gasteiger partial charge in [-0.3, -0.25) is 4.79 Å². The lowest BCUT2D eigenvalue weighted by atomic mass is 10.0. The Bertz CT molecular complexity index is 461. The summed E-state index contributed by atoms with van der Waals surface area (Å²) < 4.78 is 0. The van der Waals surface area contributed by atoms with Crippen molar-refractivity contribution in [2.24, 2.45) is 0 Å². The van der Waals surface area contributed by atoms with Crippen LogP contribution in [0.2, 0.25) is 0 Å². The minimum Gasteiger partial charge on any atom is -0.339 e. The molecule has 3 nitrogen and oxygen atoms in total. The Morgan fingerprint density at radius 2 is 1.95 bits per heavy atom. The molecular weight excluding hydrogens is 260 g/mol. The van der Waals surface area contributed by atoms with Gasteiger partial charge in [0, 0.05) is 32.3 Å². The highest BCUT2D eigenvalue weighted by Gasteiger charge is 2.23. The number of carbonyl (C=O) groups excluding carboxylic acids is 1. The molecule has 0 atom stereocenters. The van der Waals surface area contributed by atoms with E-state index < -0.39 is 0 Å². The number of nitrogens with zero attached hydrogens (tertiary/aromatic N) is 2. The molecule has 1 fully saturated rings. The molecule has 0 spiro atoms. The van der Waals surface area contributed by atoms with Crippen LogP contribution in [0.5, 0.6) is 0 Å². The highest BCUT2D eigenvalue weighted by molar-refractivity contribution is 5.91. The van der Waals surface area contributed by atoms with Crippen molar-refractivity contribution in [2.45, 2.75) is 32.2 Å². The molecule has 1 saturated heterocycles. The third kappa shape index (κ3) is 4.71. The monoisotopic (exact) mass is 286 g/mol. The summed E-state index contributed by atoms with van der Waals surface area (Å²) in [5, 5.41) is 0. The maximum Gasteiger partial charge on any atom is 0.246 e. The second kappa shape index (κ2) is 7.99. The zero-order chi connectivity index (χ0) is 15.1. The van der Waals surface area contributed by atoms with E-state index in [0.717, 1.165) is 31.5 Å². The second-order valence-electron chi connectivity index (χ2n) is 5.77. The van der Waals surface area contributed by atoms with Crippen molar-refractivity contribution in [3.8, 4) is 0 Å². The first-order valence-electron chi connectivity index (χ1n) is 7.93. The molecule has 0 radical (unpaired) electrons. The molecule has 1 aromatic rings. The van der Waals surface area contributed by atoms with Gasteiger partial charge in [0.05, 0.1) is 0 Å². The highest BCUT2D eigenvalue weighted by atomic mass is 16.2. The zero-order valence-electron chi connectivity index (χ0n) is 13.2. The Labute approximate surface area is 128 Å². The maximum atomic E-state index is 12.2. The van der Waals surface area contributed by atoms with Crippen LogP contribution in [0.15, 0.2) is 36.4 Å². The quantitative estimate of drug-likeness (QED) is 0.777. The predicted molar refractivity (Wildman–Crippen MR) is 88.0 cm³/mol. The van der Waals surface area contributed by atoms with Gasteiger partial charge in [-0.05, 0) is 37.4 Å². The highest BCUT2D eigenvalue weighted by Crippen LogP contribution is 2.16. The van der Waals surface area contributed by atoms with Gasteiger partial charge in [-0.1, -0.05) is 37.3 Å². The molecule has 0 bridgehead atoms. The summed E-state index contributed by atoms with van der Waals surface area (Å²) in [6.45, 7) is 5.62. The largest absolute Gasteiger partial charge is 0.339 e. The standard InChI is InChI=1S/C18H26N2O/c1-3-13-20-14-11-17(12-15-20)19(2)18(21)10-9-16-7-5-4-6-8-16/h4-10,17H,3,11-15H2,1-2H3. The van der Waals surface area contributed by atoms with Crippen LogP contribution in [-0.2, 0) is 4.79 Å². The summed E-state index contributed by atoms with van der Waals surface area (Å²) in [6, 6.07) is 10.3. The molecule has 1 heterocycles. The minimum atomic E-state index is 0.104. The van der Waals surface area contributed by atoms with Crippen molar-refractivity contribution in [1.29, 1.82) is 0 Å². The zero-order valence-corrected chi connectivity index (χ0v) is 13.2. The van der Waals surface area contributed by atoms with Gasteiger partial charge in [0.2, 0.25) is 5.91 Å². The van der Waals surface area contributed by atoms with Crippen LogP contribution in [0.3, 0.4) is 0 Å². The van der Waals surface area contributed by atoms with E-state index in [0.29, 0.717) is 6.04 Å². The number of carbonyl (C=O) groups is 1. The minimum absolute atomic E-state index is 0.104. The van der Waals surface area contributed by atoms with Gasteiger partial charge in [-0.2, -0.15) is 0 Å². The van der Waals surface area contributed by atoms with Crippen LogP contribution < -0.4 is 0 Å². The molecular formula is C18H26N2O. The number of hydrogen-bond acceptors (Lipinski definition) is 2. The molecule has 0 N–H and O–H groups in total. The number of hydrogen-bond donors (Lipinski definition) is 0. The summed E-state index contributed by atoms with van der Waals surface area (Å²) in [5.74, 6) is 0.104. The Morgan fingerprint density at radius 3 is 2.57 bits per heavy atom. The number of piperidine rings is 1. The molecule has 1 aromatic carbocycles. The fraction of sp³-hybridized carbons (Fsp3) is 0.500. The lowest BCUT2D eigenvalue weighted by Gasteiger charge is -2.36. The Morgan fingerprint density at radius 1 is 1.29 bits per heavy atom. The lowest BCUT2D eigenvalue weighted by molar-refractivity contribution is -0.127. The third-order valence-corrected chi connectivity index (χ3v) is 4.21. The fourth-order valence-corrected chi connectivity index (χ4v) is 2.88. The van der Waals surface area contributed by atoms with E-state index in [4.69, 9.17) is 0 Å². The summed E-state index contributed by atoms with van der Waals surface area (Å²) in [5.41, 5.74) is 1.07. The molecule has 1 aliphatic heterocycles. The third-order valence-electron chi connectivity index (χ3n) is 4.21. The molecule has 1 aliphatic rings. The number of amides is 1. The van der Waals surface area contributed by atoms with Gasteiger partial charge in [0.1, 0.15) is 0 Å². The van der Waals surface area contributed by atoms with Gasteiger partial charge >= 0.3 is 0 Å². The van der Waals surface area contributed by atoms with E-state index in [1.165, 1.54) is 13.0 Å². The number of rotatable bonds is 5. The van der Waals surface area contributed by atoms with Crippen molar-refractivity contribution < 1.29 is 4.79 Å². The first-order valence-corrected chi connectivity index (χ1v) is 7.93. The van der Waals surface area contributed by atoms with Gasteiger partial charge < -0.3 is 9.80 Å². The normalized spacial score (nSPS) is 17.2. The fourth-order valence-electron chi connectivity index (χ4n) is 2.88. The molecule has 2 rings (SSSR count). The molecule has 114 valence electrons. The molecule has 3 heteroatoms. The molecule has 0 saturated carbocycles. The van der Waals surface area contributed by atoms with Crippen molar-refractivity contribution in [1.82, 2.24) is 9.80 Å². The van der Waals surface area contributed by atoms with Crippen LogP contribution in [-0.4, -0.2) is 48.4 Å². The van der Waals surface area contributed by atoms with Gasteiger partial charge in [-0.15, -0.1) is 0 Å². The number of likely N-dealkylation sites (N-methyl/N-ethyl adjacent to an activating group) is 1. The van der Waals surface area contributed by atoms with Crippen molar-refractivity contribution in [3.05, 3.63) is 42.0 Å². The summed E-state index contributed by atoms with van der Waals surface area (Å²) in [6.07, 6.45) is 6.96. The second-order valence-corrected chi connectivity index (χ2v) is 5.77. The topological polar surface area (TPSA) is 23.6 Å². The van der Waals surface area contributed by atoms with E-state index in [1.807, 2.05) is 48.4 Å². The number of likely N-dealkylation sites (tertiary alicyclic amines) is 1.